The van der Waals surface area contributed by atoms with Crippen LogP contribution in [0, 0.1) is 17.9 Å². The molecule has 18 heteroatoms. The maximum atomic E-state index is 12.7. The number of rotatable bonds is 29. The monoisotopic (exact) mass is 1170 g/mol. The number of carbonyl (C=O) groups is 5. The highest BCUT2D eigenvalue weighted by Gasteiger charge is 2.20. The molecule has 0 aliphatic carbocycles. The van der Waals surface area contributed by atoms with Gasteiger partial charge in [-0.05, 0) is 127 Å². The van der Waals surface area contributed by atoms with Crippen LogP contribution in [0.4, 0.5) is 5.69 Å². The Morgan fingerprint density at radius 2 is 0.965 bits per heavy atom. The SMILES string of the molecule is C.C.C.C.C.C=CC(=O)OCOc1ccc(C(=O)Oc2ccc(-c3ccc(OCC(C)OCCCCCC)cc3)cc2)cc1.[C-]#[N+]c1c(OC(=O)c2ccc(OCOC(=O)C=C)cc2)ccc(OCOc2ccc(COC(=O)C=C)cc2)c1C#N. The van der Waals surface area contributed by atoms with Crippen LogP contribution in [-0.2, 0) is 39.9 Å². The molecule has 1 unspecified atom stereocenters. The van der Waals surface area contributed by atoms with Gasteiger partial charge in [0.25, 0.3) is 0 Å². The second-order valence-electron chi connectivity index (χ2n) is 16.7. The molecule has 0 aromatic heterocycles. The first-order valence-corrected chi connectivity index (χ1v) is 24.9. The molecule has 0 heterocycles. The van der Waals surface area contributed by atoms with Gasteiger partial charge in [-0.15, -0.1) is 0 Å². The van der Waals surface area contributed by atoms with Crippen LogP contribution in [0.25, 0.3) is 16.0 Å². The van der Waals surface area contributed by atoms with Crippen LogP contribution in [0.15, 0.2) is 171 Å². The fraction of sp³-hybridized carbons (Fsp3) is 0.269. The third-order valence-corrected chi connectivity index (χ3v) is 10.9. The quantitative estimate of drug-likeness (QED) is 0.00811. The van der Waals surface area contributed by atoms with Gasteiger partial charge >= 0.3 is 29.8 Å². The highest BCUT2D eigenvalue weighted by atomic mass is 16.7. The summed E-state index contributed by atoms with van der Waals surface area (Å²) in [6, 6.07) is 38.6. The average molecular weight is 1170 g/mol. The van der Waals surface area contributed by atoms with E-state index < -0.39 is 29.8 Å². The van der Waals surface area contributed by atoms with Crippen molar-refractivity contribution in [1.82, 2.24) is 0 Å². The van der Waals surface area contributed by atoms with E-state index in [4.69, 9.17) is 58.7 Å². The Balaban J connectivity index is 0.00000157. The third kappa shape index (κ3) is 25.7. The lowest BCUT2D eigenvalue weighted by Crippen LogP contribution is -2.18. The number of nitrogens with zero attached hydrogens (tertiary/aromatic N) is 2. The smallest absolute Gasteiger partial charge is 0.343 e. The van der Waals surface area contributed by atoms with Gasteiger partial charge in [-0.1, -0.05) is 119 Å². The summed E-state index contributed by atoms with van der Waals surface area (Å²) in [4.78, 5) is 61.8. The summed E-state index contributed by atoms with van der Waals surface area (Å²) in [7, 11) is 0. The van der Waals surface area contributed by atoms with E-state index in [0.29, 0.717) is 35.2 Å². The van der Waals surface area contributed by atoms with Crippen LogP contribution in [0.1, 0.15) is 109 Å². The van der Waals surface area contributed by atoms with E-state index in [1.807, 2.05) is 49.4 Å². The Bertz CT molecular complexity index is 3110. The molecule has 85 heavy (non-hydrogen) atoms. The number of nitriles is 1. The molecule has 0 spiro atoms. The zero-order valence-corrected chi connectivity index (χ0v) is 44.1. The molecule has 452 valence electrons. The zero-order valence-electron chi connectivity index (χ0n) is 44.1. The van der Waals surface area contributed by atoms with E-state index in [0.717, 1.165) is 53.7 Å². The Morgan fingerprint density at radius 1 is 0.529 bits per heavy atom. The molecule has 0 saturated heterocycles. The Morgan fingerprint density at radius 3 is 1.45 bits per heavy atom. The number of unbranched alkanes of at least 4 members (excludes halogenated alkanes) is 3. The highest BCUT2D eigenvalue weighted by molar-refractivity contribution is 5.93. The zero-order chi connectivity index (χ0) is 57.5. The molecule has 0 radical (unpaired) electrons. The van der Waals surface area contributed by atoms with Gasteiger partial charge in [0.2, 0.25) is 26.1 Å². The fourth-order valence-corrected chi connectivity index (χ4v) is 6.69. The molecule has 1 atom stereocenters. The topological polar surface area (TPSA) is 215 Å². The molecule has 6 aromatic rings. The van der Waals surface area contributed by atoms with E-state index >= 15 is 0 Å². The van der Waals surface area contributed by atoms with E-state index in [-0.39, 0.29) is 98.5 Å². The fourth-order valence-electron chi connectivity index (χ4n) is 6.69. The summed E-state index contributed by atoms with van der Waals surface area (Å²) in [5, 5.41) is 9.66. The van der Waals surface area contributed by atoms with Crippen LogP contribution in [0.2, 0.25) is 0 Å². The summed E-state index contributed by atoms with van der Waals surface area (Å²) in [5.74, 6) is -0.621. The molecule has 0 saturated carbocycles. The standard InChI is InChI=1S/C32H36O7.C30H22N2O9.5CH4/c1-4-6-7-8-21-35-24(3)22-36-28-15-9-25(10-16-28)26-11-19-30(20-12-26)39-32(34)27-13-17-29(18-14-27)37-23-38-31(33)5-2;1-4-27(33)36-17-20-6-10-22(11-7-20)37-18-39-25-14-15-26(29(32-3)24(25)16-31)41-30(35)21-8-12-23(13-9-21)38-19-40-28(34)5-2;;;;;/h5,9-20,24H,2,4,6-8,21-23H2,1,3H3;4-15H,1-2,17-19H2;5*1H4. The van der Waals surface area contributed by atoms with Gasteiger partial charge in [0.1, 0.15) is 59.0 Å². The van der Waals surface area contributed by atoms with Crippen molar-refractivity contribution in [2.45, 2.75) is 89.4 Å². The minimum atomic E-state index is -0.775. The summed E-state index contributed by atoms with van der Waals surface area (Å²) < 4.78 is 58.6. The van der Waals surface area contributed by atoms with Gasteiger partial charge in [0.15, 0.2) is 0 Å². The van der Waals surface area contributed by atoms with Crippen molar-refractivity contribution in [3.8, 4) is 57.4 Å². The van der Waals surface area contributed by atoms with Crippen LogP contribution in [0.5, 0.6) is 40.2 Å². The van der Waals surface area contributed by atoms with Crippen molar-refractivity contribution in [1.29, 1.82) is 5.26 Å². The Labute approximate surface area is 500 Å². The van der Waals surface area contributed by atoms with Crippen molar-refractivity contribution in [3.05, 3.63) is 205 Å². The van der Waals surface area contributed by atoms with Crippen LogP contribution >= 0.6 is 0 Å². The summed E-state index contributed by atoms with van der Waals surface area (Å²) >= 11 is 0. The Hall–Kier alpha value is -10.2. The van der Waals surface area contributed by atoms with Crippen LogP contribution in [0.3, 0.4) is 0 Å². The minimum absolute atomic E-state index is 0. The second kappa shape index (κ2) is 40.9. The molecule has 0 aliphatic rings. The lowest BCUT2D eigenvalue weighted by Gasteiger charge is -2.14. The minimum Gasteiger partial charge on any atom is -0.491 e. The molecular weight excluding hydrogens is 1090 g/mol. The lowest BCUT2D eigenvalue weighted by atomic mass is 10.1. The summed E-state index contributed by atoms with van der Waals surface area (Å²) in [5.41, 5.74) is 2.92. The molecular formula is C67H78N2O16. The molecule has 6 rings (SSSR count). The lowest BCUT2D eigenvalue weighted by molar-refractivity contribution is -0.145. The van der Waals surface area contributed by atoms with Gasteiger partial charge in [-0.3, -0.25) is 0 Å². The second-order valence-corrected chi connectivity index (χ2v) is 16.7. The highest BCUT2D eigenvalue weighted by Crippen LogP contribution is 2.38. The van der Waals surface area contributed by atoms with E-state index in [1.165, 1.54) is 55.7 Å². The largest absolute Gasteiger partial charge is 0.491 e. The molecule has 0 aliphatic heterocycles. The first-order chi connectivity index (χ1) is 38.9. The van der Waals surface area contributed by atoms with Crippen molar-refractivity contribution >= 4 is 35.5 Å². The van der Waals surface area contributed by atoms with Crippen molar-refractivity contribution in [3.63, 3.8) is 0 Å². The van der Waals surface area contributed by atoms with Crippen LogP contribution < -0.4 is 33.2 Å². The first kappa shape index (κ1) is 74.8. The molecule has 0 amide bonds. The maximum Gasteiger partial charge on any atom is 0.343 e. The number of hydrogen-bond acceptors (Lipinski definition) is 17. The number of carbonyl (C=O) groups excluding carboxylic acids is 5. The predicted octanol–water partition coefficient (Wildman–Crippen LogP) is 15.2. The van der Waals surface area contributed by atoms with E-state index in [2.05, 4.69) is 31.5 Å². The van der Waals surface area contributed by atoms with Gasteiger partial charge in [0.05, 0.1) is 29.9 Å². The van der Waals surface area contributed by atoms with Gasteiger partial charge < -0.3 is 52.1 Å². The molecule has 6 aromatic carbocycles. The van der Waals surface area contributed by atoms with Gasteiger partial charge in [0, 0.05) is 24.8 Å². The predicted molar refractivity (Wildman–Crippen MR) is 327 cm³/mol. The first-order valence-electron chi connectivity index (χ1n) is 24.9. The normalized spacial score (nSPS) is 9.88. The van der Waals surface area contributed by atoms with Gasteiger partial charge in [-0.25, -0.2) is 28.8 Å². The number of esters is 5. The molecule has 0 fully saturated rings. The third-order valence-electron chi connectivity index (χ3n) is 10.9. The average Bonchev–Trinajstić information content (AvgIpc) is 3.52. The molecule has 18 nitrogen and oxygen atoms in total. The van der Waals surface area contributed by atoms with E-state index in [1.54, 1.807) is 60.7 Å². The number of ether oxygens (including phenoxy) is 11. The van der Waals surface area contributed by atoms with Crippen molar-refractivity contribution in [2.24, 2.45) is 0 Å². The number of benzene rings is 6. The maximum absolute atomic E-state index is 12.7. The summed E-state index contributed by atoms with van der Waals surface area (Å²) in [6.45, 7) is 22.2. The van der Waals surface area contributed by atoms with Gasteiger partial charge in [-0.2, -0.15) is 5.26 Å². The van der Waals surface area contributed by atoms with Crippen molar-refractivity contribution < 1.29 is 76.1 Å². The summed E-state index contributed by atoms with van der Waals surface area (Å²) in [6.07, 6.45) is 7.93. The van der Waals surface area contributed by atoms with Crippen molar-refractivity contribution in [2.75, 3.05) is 33.6 Å². The number of hydrogen-bond donors (Lipinski definition) is 0. The molecule has 0 bridgehead atoms. The van der Waals surface area contributed by atoms with Crippen LogP contribution in [-0.4, -0.2) is 69.5 Å². The van der Waals surface area contributed by atoms with E-state index in [9.17, 15) is 29.2 Å². The Kier molecular flexibility index (Phi) is 36.0. The molecule has 0 N–H and O–H groups in total.